The van der Waals surface area contributed by atoms with Crippen LogP contribution in [0.3, 0.4) is 0 Å². The quantitative estimate of drug-likeness (QED) is 0.915. The van der Waals surface area contributed by atoms with Gasteiger partial charge in [-0.15, -0.1) is 0 Å². The Balaban J connectivity index is 2.71. The molecule has 17 heavy (non-hydrogen) atoms. The molecule has 0 heterocycles. The van der Waals surface area contributed by atoms with Crippen molar-refractivity contribution in [2.45, 2.75) is 25.9 Å². The van der Waals surface area contributed by atoms with Gasteiger partial charge in [-0.25, -0.2) is 0 Å². The summed E-state index contributed by atoms with van der Waals surface area (Å²) in [6.07, 6.45) is 0.270. The van der Waals surface area contributed by atoms with E-state index < -0.39 is 5.60 Å². The van der Waals surface area contributed by atoms with Crippen LogP contribution in [0.15, 0.2) is 22.7 Å². The third-order valence-corrected chi connectivity index (χ3v) is 3.16. The zero-order valence-electron chi connectivity index (χ0n) is 10.0. The third-order valence-electron chi connectivity index (χ3n) is 2.34. The van der Waals surface area contributed by atoms with Gasteiger partial charge < -0.3 is 10.1 Å². The number of hydrogen-bond donors (Lipinski definition) is 1. The molecule has 94 valence electrons. The van der Waals surface area contributed by atoms with E-state index >= 15 is 0 Å². The van der Waals surface area contributed by atoms with Gasteiger partial charge in [0.15, 0.2) is 0 Å². The zero-order chi connectivity index (χ0) is 13.1. The highest BCUT2D eigenvalue weighted by atomic mass is 79.9. The van der Waals surface area contributed by atoms with Crippen LogP contribution < -0.4 is 5.32 Å². The summed E-state index contributed by atoms with van der Waals surface area (Å²) >= 11 is 9.31. The molecule has 0 aliphatic rings. The van der Waals surface area contributed by atoms with Gasteiger partial charge in [0.2, 0.25) is 5.91 Å². The van der Waals surface area contributed by atoms with Crippen molar-refractivity contribution in [2.24, 2.45) is 0 Å². The standard InChI is InChI=1S/C12H15BrClNO2/c1-12(2,17-3)7-11(16)15-10-6-8(13)4-5-9(10)14/h4-6H,7H2,1-3H3,(H,15,16). The molecular weight excluding hydrogens is 305 g/mol. The van der Waals surface area contributed by atoms with Crippen molar-refractivity contribution in [3.05, 3.63) is 27.7 Å². The Labute approximate surface area is 115 Å². The van der Waals surface area contributed by atoms with Crippen LogP contribution in [-0.2, 0) is 9.53 Å². The number of hydrogen-bond acceptors (Lipinski definition) is 2. The largest absolute Gasteiger partial charge is 0.378 e. The number of anilines is 1. The number of nitrogens with one attached hydrogen (secondary N) is 1. The predicted molar refractivity (Wildman–Crippen MR) is 73.5 cm³/mol. The second kappa shape index (κ2) is 5.85. The van der Waals surface area contributed by atoms with Gasteiger partial charge in [-0.05, 0) is 32.0 Å². The molecule has 1 rings (SSSR count). The molecule has 0 aliphatic carbocycles. The molecule has 0 unspecified atom stereocenters. The highest BCUT2D eigenvalue weighted by Crippen LogP contribution is 2.26. The first kappa shape index (κ1) is 14.5. The third kappa shape index (κ3) is 4.66. The number of rotatable bonds is 4. The van der Waals surface area contributed by atoms with E-state index in [9.17, 15) is 4.79 Å². The first-order valence-electron chi connectivity index (χ1n) is 5.14. The number of halogens is 2. The van der Waals surface area contributed by atoms with E-state index in [0.717, 1.165) is 4.47 Å². The van der Waals surface area contributed by atoms with Crippen molar-refractivity contribution < 1.29 is 9.53 Å². The van der Waals surface area contributed by atoms with Crippen LogP contribution in [0.5, 0.6) is 0 Å². The SMILES string of the molecule is COC(C)(C)CC(=O)Nc1cc(Br)ccc1Cl. The fourth-order valence-electron chi connectivity index (χ4n) is 1.25. The molecule has 0 saturated heterocycles. The van der Waals surface area contributed by atoms with E-state index in [0.29, 0.717) is 10.7 Å². The van der Waals surface area contributed by atoms with Crippen molar-refractivity contribution in [3.63, 3.8) is 0 Å². The summed E-state index contributed by atoms with van der Waals surface area (Å²) in [5, 5.41) is 3.27. The number of carbonyl (C=O) groups is 1. The fraction of sp³-hybridized carbons (Fsp3) is 0.417. The van der Waals surface area contributed by atoms with Crippen molar-refractivity contribution >= 4 is 39.1 Å². The van der Waals surface area contributed by atoms with Gasteiger partial charge in [0.25, 0.3) is 0 Å². The lowest BCUT2D eigenvalue weighted by Crippen LogP contribution is -2.29. The smallest absolute Gasteiger partial charge is 0.227 e. The highest BCUT2D eigenvalue weighted by Gasteiger charge is 2.21. The molecular formula is C12H15BrClNO2. The van der Waals surface area contributed by atoms with Crippen molar-refractivity contribution in [3.8, 4) is 0 Å². The van der Waals surface area contributed by atoms with Gasteiger partial charge in [0.05, 0.1) is 22.7 Å². The molecule has 5 heteroatoms. The van der Waals surface area contributed by atoms with Crippen LogP contribution in [0.4, 0.5) is 5.69 Å². The zero-order valence-corrected chi connectivity index (χ0v) is 12.4. The van der Waals surface area contributed by atoms with Gasteiger partial charge in [-0.3, -0.25) is 4.79 Å². The van der Waals surface area contributed by atoms with E-state index in [1.807, 2.05) is 19.9 Å². The second-order valence-electron chi connectivity index (χ2n) is 4.31. The lowest BCUT2D eigenvalue weighted by atomic mass is 10.0. The number of ether oxygens (including phenoxy) is 1. The maximum Gasteiger partial charge on any atom is 0.227 e. The minimum Gasteiger partial charge on any atom is -0.378 e. The normalized spacial score (nSPS) is 11.4. The minimum atomic E-state index is -0.484. The van der Waals surface area contributed by atoms with Gasteiger partial charge in [-0.2, -0.15) is 0 Å². The molecule has 0 atom stereocenters. The number of benzene rings is 1. The molecule has 0 aromatic heterocycles. The fourth-order valence-corrected chi connectivity index (χ4v) is 1.77. The first-order valence-corrected chi connectivity index (χ1v) is 6.31. The average Bonchev–Trinajstić information content (AvgIpc) is 2.23. The van der Waals surface area contributed by atoms with E-state index in [-0.39, 0.29) is 12.3 Å². The second-order valence-corrected chi connectivity index (χ2v) is 5.64. The Morgan fingerprint density at radius 3 is 2.76 bits per heavy atom. The van der Waals surface area contributed by atoms with E-state index in [4.69, 9.17) is 16.3 Å². The maximum atomic E-state index is 11.8. The van der Waals surface area contributed by atoms with Gasteiger partial charge in [-0.1, -0.05) is 27.5 Å². The lowest BCUT2D eigenvalue weighted by molar-refractivity contribution is -0.121. The average molecular weight is 321 g/mol. The minimum absolute atomic E-state index is 0.128. The summed E-state index contributed by atoms with van der Waals surface area (Å²) < 4.78 is 6.06. The predicted octanol–water partition coefficient (Wildman–Crippen LogP) is 3.86. The molecule has 1 aromatic carbocycles. The molecule has 1 amide bonds. The van der Waals surface area contributed by atoms with Crippen LogP contribution in [-0.4, -0.2) is 18.6 Å². The molecule has 0 spiro atoms. The summed E-state index contributed by atoms with van der Waals surface area (Å²) in [7, 11) is 1.58. The highest BCUT2D eigenvalue weighted by molar-refractivity contribution is 9.10. The lowest BCUT2D eigenvalue weighted by Gasteiger charge is -2.22. The monoisotopic (exact) mass is 319 g/mol. The van der Waals surface area contributed by atoms with Crippen LogP contribution in [0, 0.1) is 0 Å². The van der Waals surface area contributed by atoms with Crippen molar-refractivity contribution in [1.29, 1.82) is 0 Å². The van der Waals surface area contributed by atoms with Crippen LogP contribution in [0.1, 0.15) is 20.3 Å². The Bertz CT molecular complexity index is 421. The van der Waals surface area contributed by atoms with Crippen molar-refractivity contribution in [2.75, 3.05) is 12.4 Å². The van der Waals surface area contributed by atoms with Gasteiger partial charge >= 0.3 is 0 Å². The Morgan fingerprint density at radius 2 is 2.18 bits per heavy atom. The summed E-state index contributed by atoms with van der Waals surface area (Å²) in [5.41, 5.74) is 0.112. The van der Waals surface area contributed by atoms with Gasteiger partial charge in [0, 0.05) is 11.6 Å². The molecule has 1 N–H and O–H groups in total. The summed E-state index contributed by atoms with van der Waals surface area (Å²) in [4.78, 5) is 11.8. The molecule has 0 radical (unpaired) electrons. The Morgan fingerprint density at radius 1 is 1.53 bits per heavy atom. The maximum absolute atomic E-state index is 11.8. The topological polar surface area (TPSA) is 38.3 Å². The molecule has 3 nitrogen and oxygen atoms in total. The van der Waals surface area contributed by atoms with Crippen LogP contribution >= 0.6 is 27.5 Å². The first-order chi connectivity index (χ1) is 7.84. The number of methoxy groups -OCH3 is 1. The molecule has 0 saturated carbocycles. The van der Waals surface area contributed by atoms with E-state index in [2.05, 4.69) is 21.2 Å². The molecule has 1 aromatic rings. The summed E-state index contributed by atoms with van der Waals surface area (Å²) in [6.45, 7) is 3.71. The molecule has 0 fully saturated rings. The van der Waals surface area contributed by atoms with Crippen LogP contribution in [0.25, 0.3) is 0 Å². The Kier molecular flexibility index (Phi) is 4.98. The Hall–Kier alpha value is -0.580. The molecule has 0 bridgehead atoms. The number of carbonyl (C=O) groups excluding carboxylic acids is 1. The van der Waals surface area contributed by atoms with E-state index in [1.165, 1.54) is 0 Å². The summed E-state index contributed by atoms with van der Waals surface area (Å²) in [5.74, 6) is -0.128. The number of amides is 1. The van der Waals surface area contributed by atoms with Gasteiger partial charge in [0.1, 0.15) is 0 Å². The molecule has 0 aliphatic heterocycles. The van der Waals surface area contributed by atoms with Crippen molar-refractivity contribution in [1.82, 2.24) is 0 Å². The summed E-state index contributed by atoms with van der Waals surface area (Å²) in [6, 6.07) is 5.31. The van der Waals surface area contributed by atoms with Crippen LogP contribution in [0.2, 0.25) is 5.02 Å². The van der Waals surface area contributed by atoms with E-state index in [1.54, 1.807) is 19.2 Å².